The Morgan fingerprint density at radius 1 is 0.900 bits per heavy atom. The van der Waals surface area contributed by atoms with E-state index in [2.05, 4.69) is 108 Å². The number of carbonyl (C=O) groups is 1. The lowest BCUT2D eigenvalue weighted by molar-refractivity contribution is 0.0997. The summed E-state index contributed by atoms with van der Waals surface area (Å²) in [7, 11) is 6.41. The summed E-state index contributed by atoms with van der Waals surface area (Å²) < 4.78 is 0. The number of carbonyl (C=O) groups excluding carboxylic acids is 1. The van der Waals surface area contributed by atoms with Gasteiger partial charge in [0.2, 0.25) is 0 Å². The zero-order valence-electron chi connectivity index (χ0n) is 23.8. The zero-order valence-corrected chi connectivity index (χ0v) is 24.7. The zero-order chi connectivity index (χ0) is 27.9. The molecule has 40 heavy (non-hydrogen) atoms. The molecule has 0 amide bonds. The van der Waals surface area contributed by atoms with Crippen molar-refractivity contribution in [1.29, 1.82) is 0 Å². The van der Waals surface area contributed by atoms with Gasteiger partial charge in [0.1, 0.15) is 0 Å². The van der Waals surface area contributed by atoms with Crippen LogP contribution in [0.5, 0.6) is 0 Å². The number of likely N-dealkylation sites (tertiary alicyclic amines) is 1. The van der Waals surface area contributed by atoms with Gasteiger partial charge in [-0.05, 0) is 92.8 Å². The molecule has 206 valence electrons. The van der Waals surface area contributed by atoms with Crippen molar-refractivity contribution >= 4 is 22.7 Å². The minimum atomic E-state index is 0.265. The fourth-order valence-corrected chi connectivity index (χ4v) is 6.54. The normalized spacial score (nSPS) is 16.1. The number of hydrogen-bond acceptors (Lipinski definition) is 5. The topological polar surface area (TPSA) is 36.4 Å². The Labute approximate surface area is 243 Å². The van der Waals surface area contributed by atoms with E-state index in [1.165, 1.54) is 33.4 Å². The predicted molar refractivity (Wildman–Crippen MR) is 167 cm³/mol. The average molecular weight is 550 g/mol. The second-order valence-electron chi connectivity index (χ2n) is 11.0. The third kappa shape index (κ3) is 6.67. The van der Waals surface area contributed by atoms with Crippen LogP contribution in [0.15, 0.2) is 96.0 Å². The molecular weight excluding hydrogens is 510 g/mol. The summed E-state index contributed by atoms with van der Waals surface area (Å²) >= 11 is 1.59. The Morgan fingerprint density at radius 2 is 1.62 bits per heavy atom. The Kier molecular flexibility index (Phi) is 9.38. The molecule has 1 atom stereocenters. The van der Waals surface area contributed by atoms with Crippen LogP contribution in [-0.4, -0.2) is 61.3 Å². The summed E-state index contributed by atoms with van der Waals surface area (Å²) in [6.45, 7) is 3.28. The quantitative estimate of drug-likeness (QED) is 0.264. The number of ketones is 1. The number of Topliss-reactive ketones (excluding diaryl/α,β-unsaturated/α-hetero) is 1. The van der Waals surface area contributed by atoms with E-state index in [1.54, 1.807) is 11.3 Å². The van der Waals surface area contributed by atoms with Crippen LogP contribution >= 0.6 is 11.3 Å². The molecule has 0 saturated carbocycles. The van der Waals surface area contributed by atoms with Gasteiger partial charge in [0.25, 0.3) is 0 Å². The smallest absolute Gasteiger partial charge is 0.177 e. The first-order valence-electron chi connectivity index (χ1n) is 14.2. The summed E-state index contributed by atoms with van der Waals surface area (Å²) in [5.74, 6) is 0.649. The minimum Gasteiger partial charge on any atom is -0.309 e. The van der Waals surface area contributed by atoms with Crippen LogP contribution < -0.4 is 0 Å². The number of hydrogen-bond donors (Lipinski definition) is 0. The van der Waals surface area contributed by atoms with Crippen molar-refractivity contribution in [1.82, 2.24) is 14.8 Å². The molecule has 2 aromatic heterocycles. The Hall–Kier alpha value is -3.38. The molecule has 0 bridgehead atoms. The Morgan fingerprint density at radius 3 is 2.35 bits per heavy atom. The highest BCUT2D eigenvalue weighted by molar-refractivity contribution is 7.12. The molecule has 1 unspecified atom stereocenters. The van der Waals surface area contributed by atoms with Crippen LogP contribution in [0, 0.1) is 0 Å². The summed E-state index contributed by atoms with van der Waals surface area (Å²) in [5, 5.41) is 2.06. The molecule has 3 heterocycles. The van der Waals surface area contributed by atoms with Gasteiger partial charge in [0, 0.05) is 42.9 Å². The van der Waals surface area contributed by atoms with Crippen molar-refractivity contribution in [2.24, 2.45) is 0 Å². The monoisotopic (exact) mass is 549 g/mol. The van der Waals surface area contributed by atoms with Gasteiger partial charge in [-0.3, -0.25) is 9.78 Å². The number of rotatable bonds is 5. The molecule has 0 N–H and O–H groups in total. The van der Waals surface area contributed by atoms with Crippen molar-refractivity contribution in [2.75, 3.05) is 40.8 Å². The molecular formula is C35H39N3OS. The molecule has 0 spiro atoms. The molecule has 1 aliphatic carbocycles. The molecule has 6 rings (SSSR count). The van der Waals surface area contributed by atoms with E-state index in [0.717, 1.165) is 49.5 Å². The number of nitrogens with zero attached hydrogens (tertiary/aromatic N) is 3. The van der Waals surface area contributed by atoms with E-state index in [-0.39, 0.29) is 5.78 Å². The molecule has 1 aliphatic heterocycles. The maximum Gasteiger partial charge on any atom is 0.177 e. The van der Waals surface area contributed by atoms with Gasteiger partial charge in [-0.1, -0.05) is 66.2 Å². The molecule has 2 aliphatic rings. The summed E-state index contributed by atoms with van der Waals surface area (Å²) in [6, 6.07) is 27.4. The first-order chi connectivity index (χ1) is 19.5. The van der Waals surface area contributed by atoms with Crippen LogP contribution in [-0.2, 0) is 6.42 Å². The van der Waals surface area contributed by atoms with Crippen LogP contribution in [0.3, 0.4) is 0 Å². The van der Waals surface area contributed by atoms with Crippen molar-refractivity contribution in [3.63, 3.8) is 0 Å². The molecule has 4 aromatic rings. The number of pyridine rings is 1. The van der Waals surface area contributed by atoms with Crippen molar-refractivity contribution < 1.29 is 4.79 Å². The largest absolute Gasteiger partial charge is 0.309 e. The van der Waals surface area contributed by atoms with Gasteiger partial charge >= 0.3 is 0 Å². The highest BCUT2D eigenvalue weighted by Gasteiger charge is 2.27. The third-order valence-corrected chi connectivity index (χ3v) is 8.84. The van der Waals surface area contributed by atoms with Gasteiger partial charge in [-0.25, -0.2) is 0 Å². The number of aromatic nitrogens is 1. The molecule has 0 radical (unpaired) electrons. The van der Waals surface area contributed by atoms with Crippen LogP contribution in [0.25, 0.3) is 5.57 Å². The Balaban J connectivity index is 0.000000165. The lowest BCUT2D eigenvalue weighted by atomic mass is 9.88. The number of benzene rings is 2. The average Bonchev–Trinajstić information content (AvgIpc) is 3.42. The van der Waals surface area contributed by atoms with Crippen LogP contribution in [0.4, 0.5) is 0 Å². The standard InChI is InChI=1S/C19H19NOS.C16H20N2/c1-20-9-6-13(7-10-20)18-15-5-3-2-4-14(15)12-17(21)19-16(18)8-11-22-19;1-18(2)13-11-15(14-8-4-3-5-9-14)16-10-6-7-12-17-16/h2-5,8,11H,6-7,9-10,12H2,1H3;3-10,12,15H,11,13H2,1-2H3. The van der Waals surface area contributed by atoms with Crippen molar-refractivity contribution in [3.05, 3.63) is 129 Å². The van der Waals surface area contributed by atoms with Crippen LogP contribution in [0.2, 0.25) is 0 Å². The summed E-state index contributed by atoms with van der Waals surface area (Å²) in [6.07, 6.45) is 5.70. The number of fused-ring (bicyclic) bond motifs is 2. The highest BCUT2D eigenvalue weighted by atomic mass is 32.1. The molecule has 4 nitrogen and oxygen atoms in total. The third-order valence-electron chi connectivity index (χ3n) is 7.88. The lowest BCUT2D eigenvalue weighted by Gasteiger charge is -2.27. The SMILES string of the molecule is CN(C)CCC(c1ccccc1)c1ccccn1.CN1CCC(=C2c3ccccc3CC(=O)c3sccc32)CC1. The van der Waals surface area contributed by atoms with Gasteiger partial charge in [-0.2, -0.15) is 0 Å². The van der Waals surface area contributed by atoms with Gasteiger partial charge < -0.3 is 9.80 Å². The maximum atomic E-state index is 12.6. The second-order valence-corrected chi connectivity index (χ2v) is 11.9. The summed E-state index contributed by atoms with van der Waals surface area (Å²) in [4.78, 5) is 22.6. The Bertz CT molecular complexity index is 1390. The molecule has 1 fully saturated rings. The maximum absolute atomic E-state index is 12.6. The van der Waals surface area contributed by atoms with Gasteiger partial charge in [0.05, 0.1) is 4.88 Å². The van der Waals surface area contributed by atoms with E-state index in [1.807, 2.05) is 18.3 Å². The predicted octanol–water partition coefficient (Wildman–Crippen LogP) is 7.18. The fourth-order valence-electron chi connectivity index (χ4n) is 5.70. The lowest BCUT2D eigenvalue weighted by Crippen LogP contribution is -2.27. The number of thiophene rings is 1. The first kappa shape index (κ1) is 28.2. The minimum absolute atomic E-state index is 0.265. The summed E-state index contributed by atoms with van der Waals surface area (Å²) in [5.41, 5.74) is 8.97. The second kappa shape index (κ2) is 13.3. The number of piperidine rings is 1. The van der Waals surface area contributed by atoms with E-state index in [0.29, 0.717) is 12.3 Å². The van der Waals surface area contributed by atoms with Crippen molar-refractivity contribution in [3.8, 4) is 0 Å². The molecule has 2 aromatic carbocycles. The van der Waals surface area contributed by atoms with Crippen LogP contribution in [0.1, 0.15) is 62.8 Å². The van der Waals surface area contributed by atoms with E-state index in [4.69, 9.17) is 0 Å². The van der Waals surface area contributed by atoms with E-state index < -0.39 is 0 Å². The van der Waals surface area contributed by atoms with Gasteiger partial charge in [-0.15, -0.1) is 11.3 Å². The fraction of sp³-hybridized carbons (Fsp3) is 0.314. The molecule has 5 heteroatoms. The van der Waals surface area contributed by atoms with Gasteiger partial charge in [0.15, 0.2) is 5.78 Å². The van der Waals surface area contributed by atoms with Crippen molar-refractivity contribution in [2.45, 2.75) is 31.6 Å². The molecule has 1 saturated heterocycles. The van der Waals surface area contributed by atoms with E-state index in [9.17, 15) is 4.79 Å². The van der Waals surface area contributed by atoms with E-state index >= 15 is 0 Å². The first-order valence-corrected chi connectivity index (χ1v) is 15.1. The highest BCUT2D eigenvalue weighted by Crippen LogP contribution is 2.40.